The van der Waals surface area contributed by atoms with E-state index in [0.717, 1.165) is 24.0 Å². The van der Waals surface area contributed by atoms with Crippen LogP contribution in [-0.4, -0.2) is 36.5 Å². The first-order valence-corrected chi connectivity index (χ1v) is 6.58. The number of halogens is 1. The van der Waals surface area contributed by atoms with Crippen LogP contribution in [-0.2, 0) is 16.0 Å². The highest BCUT2D eigenvalue weighted by atomic mass is 35.5. The molecule has 0 unspecified atom stereocenters. The quantitative estimate of drug-likeness (QED) is 0.792. The number of fused-ring (bicyclic) bond motifs is 1. The molecule has 0 aliphatic heterocycles. The van der Waals surface area contributed by atoms with E-state index in [1.165, 1.54) is 0 Å². The lowest BCUT2D eigenvalue weighted by atomic mass is 10.3. The molecule has 5 nitrogen and oxygen atoms in total. The Morgan fingerprint density at radius 1 is 1.32 bits per heavy atom. The number of nitrogens with zero attached hydrogens (tertiary/aromatic N) is 2. The van der Waals surface area contributed by atoms with Crippen LogP contribution in [0.15, 0.2) is 18.2 Å². The SMILES string of the molecule is COCCOCCCn1c(N)nc2ccc(Cl)cc21. The maximum Gasteiger partial charge on any atom is 0.201 e. The molecular formula is C13H18ClN3O2. The summed E-state index contributed by atoms with van der Waals surface area (Å²) in [6.07, 6.45) is 0.867. The molecule has 1 heterocycles. The number of aromatic nitrogens is 2. The lowest BCUT2D eigenvalue weighted by Crippen LogP contribution is -2.08. The number of nitrogen functional groups attached to an aromatic ring is 1. The number of anilines is 1. The van der Waals surface area contributed by atoms with Gasteiger partial charge in [-0.15, -0.1) is 0 Å². The Hall–Kier alpha value is -1.30. The van der Waals surface area contributed by atoms with E-state index in [1.54, 1.807) is 7.11 Å². The van der Waals surface area contributed by atoms with Gasteiger partial charge in [-0.1, -0.05) is 11.6 Å². The number of imidazole rings is 1. The van der Waals surface area contributed by atoms with Crippen LogP contribution in [0.4, 0.5) is 5.95 Å². The molecule has 0 saturated carbocycles. The second-order valence-corrected chi connectivity index (χ2v) is 4.65. The zero-order valence-electron chi connectivity index (χ0n) is 10.9. The molecule has 0 fully saturated rings. The van der Waals surface area contributed by atoms with Crippen molar-refractivity contribution < 1.29 is 9.47 Å². The second kappa shape index (κ2) is 6.75. The van der Waals surface area contributed by atoms with E-state index in [9.17, 15) is 0 Å². The molecule has 6 heteroatoms. The van der Waals surface area contributed by atoms with Crippen LogP contribution >= 0.6 is 11.6 Å². The molecule has 0 bridgehead atoms. The van der Waals surface area contributed by atoms with Crippen LogP contribution < -0.4 is 5.73 Å². The summed E-state index contributed by atoms with van der Waals surface area (Å²) in [5, 5.41) is 0.685. The summed E-state index contributed by atoms with van der Waals surface area (Å²) in [6.45, 7) is 2.66. The summed E-state index contributed by atoms with van der Waals surface area (Å²) >= 11 is 6.00. The minimum Gasteiger partial charge on any atom is -0.382 e. The first-order chi connectivity index (χ1) is 9.22. The number of hydrogen-bond acceptors (Lipinski definition) is 4. The molecule has 2 rings (SSSR count). The van der Waals surface area contributed by atoms with Crippen LogP contribution in [0, 0.1) is 0 Å². The minimum atomic E-state index is 0.508. The van der Waals surface area contributed by atoms with Gasteiger partial charge in [-0.2, -0.15) is 0 Å². The van der Waals surface area contributed by atoms with Gasteiger partial charge in [0.2, 0.25) is 5.95 Å². The van der Waals surface area contributed by atoms with Crippen LogP contribution in [0.5, 0.6) is 0 Å². The van der Waals surface area contributed by atoms with Crippen molar-refractivity contribution >= 4 is 28.6 Å². The second-order valence-electron chi connectivity index (χ2n) is 4.21. The van der Waals surface area contributed by atoms with Gasteiger partial charge in [0.05, 0.1) is 24.2 Å². The Morgan fingerprint density at radius 3 is 2.95 bits per heavy atom. The topological polar surface area (TPSA) is 62.3 Å². The molecule has 0 radical (unpaired) electrons. The summed E-state index contributed by atoms with van der Waals surface area (Å²) in [4.78, 5) is 4.30. The Morgan fingerprint density at radius 2 is 2.16 bits per heavy atom. The monoisotopic (exact) mass is 283 g/mol. The summed E-state index contributed by atoms with van der Waals surface area (Å²) < 4.78 is 12.3. The van der Waals surface area contributed by atoms with Crippen LogP contribution in [0.1, 0.15) is 6.42 Å². The van der Waals surface area contributed by atoms with Gasteiger partial charge in [0.15, 0.2) is 0 Å². The fourth-order valence-electron chi connectivity index (χ4n) is 1.92. The molecule has 2 aromatic rings. The Balaban J connectivity index is 1.96. The summed E-state index contributed by atoms with van der Waals surface area (Å²) in [5.41, 5.74) is 7.74. The average molecular weight is 284 g/mol. The standard InChI is InChI=1S/C13H18ClN3O2/c1-18-7-8-19-6-2-5-17-12-9-10(14)3-4-11(12)16-13(17)15/h3-4,9H,2,5-8H2,1H3,(H2,15,16). The number of methoxy groups -OCH3 is 1. The third-order valence-corrected chi connectivity index (χ3v) is 3.08. The van der Waals surface area contributed by atoms with Crippen LogP contribution in [0.25, 0.3) is 11.0 Å². The normalized spacial score (nSPS) is 11.3. The molecule has 0 amide bonds. The van der Waals surface area contributed by atoms with Crippen molar-refractivity contribution in [3.8, 4) is 0 Å². The summed E-state index contributed by atoms with van der Waals surface area (Å²) in [6, 6.07) is 5.57. The van der Waals surface area contributed by atoms with Crippen molar-refractivity contribution in [3.63, 3.8) is 0 Å². The molecular weight excluding hydrogens is 266 g/mol. The number of nitrogens with two attached hydrogens (primary N) is 1. The molecule has 19 heavy (non-hydrogen) atoms. The smallest absolute Gasteiger partial charge is 0.201 e. The fourth-order valence-corrected chi connectivity index (χ4v) is 2.08. The van der Waals surface area contributed by atoms with Gasteiger partial charge in [0.1, 0.15) is 0 Å². The molecule has 0 aliphatic rings. The van der Waals surface area contributed by atoms with Gasteiger partial charge >= 0.3 is 0 Å². The Kier molecular flexibility index (Phi) is 5.01. The molecule has 1 aromatic heterocycles. The van der Waals surface area contributed by atoms with E-state index in [0.29, 0.717) is 30.8 Å². The third-order valence-electron chi connectivity index (χ3n) is 2.84. The maximum absolute atomic E-state index is 6.00. The van der Waals surface area contributed by atoms with E-state index in [1.807, 2.05) is 22.8 Å². The van der Waals surface area contributed by atoms with E-state index in [4.69, 9.17) is 26.8 Å². The largest absolute Gasteiger partial charge is 0.382 e. The van der Waals surface area contributed by atoms with Crippen molar-refractivity contribution in [2.75, 3.05) is 32.7 Å². The lowest BCUT2D eigenvalue weighted by Gasteiger charge is -2.07. The molecule has 1 aromatic carbocycles. The van der Waals surface area contributed by atoms with Gasteiger partial charge in [-0.05, 0) is 24.6 Å². The van der Waals surface area contributed by atoms with Crippen molar-refractivity contribution in [1.29, 1.82) is 0 Å². The summed E-state index contributed by atoms with van der Waals surface area (Å²) in [5.74, 6) is 0.508. The van der Waals surface area contributed by atoms with Crippen molar-refractivity contribution in [2.45, 2.75) is 13.0 Å². The highest BCUT2D eigenvalue weighted by Crippen LogP contribution is 2.22. The Labute approximate surface area is 117 Å². The fraction of sp³-hybridized carbons (Fsp3) is 0.462. The van der Waals surface area contributed by atoms with Gasteiger partial charge in [-0.25, -0.2) is 4.98 Å². The molecule has 0 saturated heterocycles. The number of benzene rings is 1. The van der Waals surface area contributed by atoms with Gasteiger partial charge in [0.25, 0.3) is 0 Å². The molecule has 0 spiro atoms. The van der Waals surface area contributed by atoms with Gasteiger partial charge in [-0.3, -0.25) is 0 Å². The minimum absolute atomic E-state index is 0.508. The van der Waals surface area contributed by atoms with E-state index in [-0.39, 0.29) is 0 Å². The maximum atomic E-state index is 6.00. The number of rotatable bonds is 7. The highest BCUT2D eigenvalue weighted by Gasteiger charge is 2.08. The number of ether oxygens (including phenoxy) is 2. The molecule has 0 atom stereocenters. The number of aryl methyl sites for hydroxylation is 1. The first-order valence-electron chi connectivity index (χ1n) is 6.20. The highest BCUT2D eigenvalue weighted by molar-refractivity contribution is 6.31. The first kappa shape index (κ1) is 14.1. The third kappa shape index (κ3) is 3.59. The lowest BCUT2D eigenvalue weighted by molar-refractivity contribution is 0.0682. The van der Waals surface area contributed by atoms with Crippen molar-refractivity contribution in [3.05, 3.63) is 23.2 Å². The predicted molar refractivity (Wildman–Crippen MR) is 76.5 cm³/mol. The average Bonchev–Trinajstić information content (AvgIpc) is 2.69. The van der Waals surface area contributed by atoms with Gasteiger partial charge < -0.3 is 19.8 Å². The van der Waals surface area contributed by atoms with Crippen molar-refractivity contribution in [2.24, 2.45) is 0 Å². The van der Waals surface area contributed by atoms with Crippen LogP contribution in [0.2, 0.25) is 5.02 Å². The predicted octanol–water partition coefficient (Wildman–Crippen LogP) is 2.33. The zero-order valence-corrected chi connectivity index (χ0v) is 11.7. The van der Waals surface area contributed by atoms with Crippen LogP contribution in [0.3, 0.4) is 0 Å². The summed E-state index contributed by atoms with van der Waals surface area (Å²) in [7, 11) is 1.66. The zero-order chi connectivity index (χ0) is 13.7. The van der Waals surface area contributed by atoms with Crippen molar-refractivity contribution in [1.82, 2.24) is 9.55 Å². The molecule has 104 valence electrons. The van der Waals surface area contributed by atoms with E-state index >= 15 is 0 Å². The molecule has 2 N–H and O–H groups in total. The Bertz CT molecular complexity index is 542. The molecule has 0 aliphatic carbocycles. The number of hydrogen-bond donors (Lipinski definition) is 1. The van der Waals surface area contributed by atoms with E-state index in [2.05, 4.69) is 4.98 Å². The van der Waals surface area contributed by atoms with Gasteiger partial charge in [0, 0.05) is 25.3 Å². The van der Waals surface area contributed by atoms with E-state index < -0.39 is 0 Å².